The second kappa shape index (κ2) is 7.16. The van der Waals surface area contributed by atoms with E-state index in [1.54, 1.807) is 24.2 Å². The summed E-state index contributed by atoms with van der Waals surface area (Å²) in [6.45, 7) is 0.340. The van der Waals surface area contributed by atoms with E-state index in [4.69, 9.17) is 9.68 Å². The normalized spacial score (nSPS) is 13.8. The van der Waals surface area contributed by atoms with E-state index >= 15 is 0 Å². The predicted molar refractivity (Wildman–Crippen MR) is 114 cm³/mol. The van der Waals surface area contributed by atoms with Gasteiger partial charge in [0.2, 0.25) is 0 Å². The lowest BCUT2D eigenvalue weighted by atomic mass is 10.1. The summed E-state index contributed by atoms with van der Waals surface area (Å²) in [7, 11) is -3.78. The molecule has 3 heterocycles. The van der Waals surface area contributed by atoms with Crippen LogP contribution in [0.2, 0.25) is 0 Å². The van der Waals surface area contributed by atoms with Crippen molar-refractivity contribution >= 4 is 38.6 Å². The average molecular weight is 435 g/mol. The van der Waals surface area contributed by atoms with E-state index in [9.17, 15) is 8.42 Å². The van der Waals surface area contributed by atoms with E-state index in [1.165, 1.54) is 35.0 Å². The molecule has 0 N–H and O–H groups in total. The van der Waals surface area contributed by atoms with Crippen LogP contribution in [0.4, 0.5) is 5.69 Å². The Balaban J connectivity index is 1.61. The Kier molecular flexibility index (Phi) is 4.46. The Morgan fingerprint density at radius 2 is 1.97 bits per heavy atom. The number of rotatable bonds is 3. The third-order valence-corrected chi connectivity index (χ3v) is 7.83. The van der Waals surface area contributed by atoms with E-state index in [0.29, 0.717) is 29.1 Å². The molecule has 9 heteroatoms. The molecule has 30 heavy (non-hydrogen) atoms. The van der Waals surface area contributed by atoms with Crippen LogP contribution in [0.1, 0.15) is 5.56 Å². The molecule has 2 aromatic heterocycles. The number of fused-ring (bicyclic) bond motifs is 2. The summed E-state index contributed by atoms with van der Waals surface area (Å²) in [6.07, 6.45) is 4.72. The van der Waals surface area contributed by atoms with Gasteiger partial charge in [-0.2, -0.15) is 5.26 Å². The lowest BCUT2D eigenvalue weighted by Gasteiger charge is -2.30. The van der Waals surface area contributed by atoms with Gasteiger partial charge in [-0.25, -0.2) is 13.4 Å². The second-order valence-corrected chi connectivity index (χ2v) is 9.60. The first kappa shape index (κ1) is 18.7. The SMILES string of the molecule is N#Cc1ccc(S(=O)(=O)N2CCSc3c(-c4ccc5ncoc5c4)cncc32)cc1. The van der Waals surface area contributed by atoms with E-state index in [1.807, 2.05) is 24.3 Å². The van der Waals surface area contributed by atoms with Crippen molar-refractivity contribution in [2.24, 2.45) is 0 Å². The van der Waals surface area contributed by atoms with Crippen LogP contribution in [0.15, 0.2) is 75.5 Å². The maximum atomic E-state index is 13.3. The Hall–Kier alpha value is -3.35. The van der Waals surface area contributed by atoms with Crippen molar-refractivity contribution in [3.8, 4) is 17.2 Å². The fraction of sp³-hybridized carbons (Fsp3) is 0.0952. The molecule has 1 aliphatic heterocycles. The van der Waals surface area contributed by atoms with Crippen LogP contribution in [-0.2, 0) is 10.0 Å². The van der Waals surface area contributed by atoms with Gasteiger partial charge in [-0.1, -0.05) is 6.07 Å². The minimum atomic E-state index is -3.78. The summed E-state index contributed by atoms with van der Waals surface area (Å²) in [5.74, 6) is 0.615. The highest BCUT2D eigenvalue weighted by atomic mass is 32.2. The van der Waals surface area contributed by atoms with Crippen LogP contribution in [-0.4, -0.2) is 30.7 Å². The molecule has 0 spiro atoms. The number of thioether (sulfide) groups is 1. The number of pyridine rings is 1. The Morgan fingerprint density at radius 1 is 1.13 bits per heavy atom. The zero-order valence-electron chi connectivity index (χ0n) is 15.5. The molecule has 0 radical (unpaired) electrons. The fourth-order valence-electron chi connectivity index (χ4n) is 3.42. The summed E-state index contributed by atoms with van der Waals surface area (Å²) >= 11 is 1.60. The first-order valence-electron chi connectivity index (χ1n) is 9.05. The van der Waals surface area contributed by atoms with Gasteiger partial charge < -0.3 is 4.42 Å². The highest BCUT2D eigenvalue weighted by Crippen LogP contribution is 2.43. The van der Waals surface area contributed by atoms with Crippen molar-refractivity contribution in [1.82, 2.24) is 9.97 Å². The van der Waals surface area contributed by atoms with Crippen LogP contribution >= 0.6 is 11.8 Å². The lowest BCUT2D eigenvalue weighted by molar-refractivity contribution is 0.591. The van der Waals surface area contributed by atoms with Crippen molar-refractivity contribution in [3.05, 3.63) is 66.8 Å². The molecule has 0 aliphatic carbocycles. The summed E-state index contributed by atoms with van der Waals surface area (Å²) in [5.41, 5.74) is 4.10. The standard InChI is InChI=1S/C21H14N4O3S2/c22-10-14-1-4-16(5-2-14)30(26,27)25-7-8-29-21-17(11-23-12-19(21)25)15-3-6-18-20(9-15)28-13-24-18/h1-6,9,11-13H,7-8H2. The molecular formula is C21H14N4O3S2. The van der Waals surface area contributed by atoms with E-state index < -0.39 is 10.0 Å². The van der Waals surface area contributed by atoms with Crippen molar-refractivity contribution in [2.45, 2.75) is 9.79 Å². The van der Waals surface area contributed by atoms with Gasteiger partial charge in [0.15, 0.2) is 12.0 Å². The molecule has 1 aliphatic rings. The number of hydrogen-bond acceptors (Lipinski definition) is 7. The zero-order chi connectivity index (χ0) is 20.7. The number of sulfonamides is 1. The topological polar surface area (TPSA) is 100 Å². The maximum absolute atomic E-state index is 13.3. The largest absolute Gasteiger partial charge is 0.443 e. The lowest BCUT2D eigenvalue weighted by Crippen LogP contribution is -2.35. The van der Waals surface area contributed by atoms with E-state index in [2.05, 4.69) is 9.97 Å². The average Bonchev–Trinajstić information content (AvgIpc) is 3.26. The first-order valence-corrected chi connectivity index (χ1v) is 11.5. The highest BCUT2D eigenvalue weighted by Gasteiger charge is 2.31. The number of nitrogens with zero attached hydrogens (tertiary/aromatic N) is 4. The predicted octanol–water partition coefficient (Wildman–Crippen LogP) is 4.06. The van der Waals surface area contributed by atoms with Crippen LogP contribution in [0.25, 0.3) is 22.2 Å². The van der Waals surface area contributed by atoms with Crippen molar-refractivity contribution in [2.75, 3.05) is 16.6 Å². The fourth-order valence-corrected chi connectivity index (χ4v) is 6.18. The van der Waals surface area contributed by atoms with E-state index in [0.717, 1.165) is 21.5 Å². The molecule has 148 valence electrons. The van der Waals surface area contributed by atoms with Crippen LogP contribution < -0.4 is 4.31 Å². The molecule has 0 fully saturated rings. The van der Waals surface area contributed by atoms with Gasteiger partial charge in [0.1, 0.15) is 5.52 Å². The Morgan fingerprint density at radius 3 is 2.77 bits per heavy atom. The first-order chi connectivity index (χ1) is 14.6. The molecule has 7 nitrogen and oxygen atoms in total. The molecule has 0 saturated carbocycles. The molecule has 2 aromatic carbocycles. The summed E-state index contributed by atoms with van der Waals surface area (Å²) in [6, 6.07) is 13.6. The quantitative estimate of drug-likeness (QED) is 0.479. The van der Waals surface area contributed by atoms with Crippen LogP contribution in [0, 0.1) is 11.3 Å². The van der Waals surface area contributed by atoms with E-state index in [-0.39, 0.29) is 4.90 Å². The monoisotopic (exact) mass is 434 g/mol. The number of anilines is 1. The highest BCUT2D eigenvalue weighted by molar-refractivity contribution is 8.00. The van der Waals surface area contributed by atoms with Crippen LogP contribution in [0.5, 0.6) is 0 Å². The molecule has 0 bridgehead atoms. The van der Waals surface area contributed by atoms with Gasteiger partial charge in [0.25, 0.3) is 10.0 Å². The second-order valence-electron chi connectivity index (χ2n) is 6.63. The van der Waals surface area contributed by atoms with Gasteiger partial charge in [0, 0.05) is 29.0 Å². The van der Waals surface area contributed by atoms with Crippen molar-refractivity contribution in [1.29, 1.82) is 5.26 Å². The number of hydrogen-bond donors (Lipinski definition) is 0. The number of oxazole rings is 1. The van der Waals surface area contributed by atoms with Crippen LogP contribution in [0.3, 0.4) is 0 Å². The molecular weight excluding hydrogens is 420 g/mol. The molecule has 4 aromatic rings. The Bertz CT molecular complexity index is 1410. The van der Waals surface area contributed by atoms with Crippen molar-refractivity contribution in [3.63, 3.8) is 0 Å². The zero-order valence-corrected chi connectivity index (χ0v) is 17.2. The van der Waals surface area contributed by atoms with Gasteiger partial charge in [-0.05, 0) is 42.0 Å². The summed E-state index contributed by atoms with van der Waals surface area (Å²) in [4.78, 5) is 9.45. The molecule has 5 rings (SSSR count). The molecule has 0 saturated heterocycles. The number of nitriles is 1. The summed E-state index contributed by atoms with van der Waals surface area (Å²) < 4.78 is 33.4. The molecule has 0 atom stereocenters. The number of aromatic nitrogens is 2. The third kappa shape index (κ3) is 3.01. The van der Waals surface area contributed by atoms with Gasteiger partial charge in [-0.3, -0.25) is 9.29 Å². The molecule has 0 amide bonds. The smallest absolute Gasteiger partial charge is 0.264 e. The summed E-state index contributed by atoms with van der Waals surface area (Å²) in [5, 5.41) is 8.97. The third-order valence-electron chi connectivity index (χ3n) is 4.90. The molecule has 0 unspecified atom stereocenters. The van der Waals surface area contributed by atoms with Crippen molar-refractivity contribution < 1.29 is 12.8 Å². The number of benzene rings is 2. The minimum absolute atomic E-state index is 0.146. The maximum Gasteiger partial charge on any atom is 0.264 e. The van der Waals surface area contributed by atoms with Gasteiger partial charge in [0.05, 0.1) is 28.4 Å². The Labute approximate surface area is 177 Å². The van der Waals surface area contributed by atoms with Gasteiger partial charge in [-0.15, -0.1) is 11.8 Å². The minimum Gasteiger partial charge on any atom is -0.443 e. The van der Waals surface area contributed by atoms with Gasteiger partial charge >= 0.3 is 0 Å².